The van der Waals surface area contributed by atoms with Crippen molar-refractivity contribution in [2.24, 2.45) is 0 Å². The Kier molecular flexibility index (Phi) is 6.68. The fraction of sp³-hybridized carbons (Fsp3) is 0.267. The van der Waals surface area contributed by atoms with Crippen LogP contribution in [0.15, 0.2) is 91.0 Å². The summed E-state index contributed by atoms with van der Waals surface area (Å²) in [5.74, 6) is 0.633. The lowest BCUT2D eigenvalue weighted by Crippen LogP contribution is -2.33. The Morgan fingerprint density at radius 2 is 1.42 bits per heavy atom. The molecule has 2 nitrogen and oxygen atoms in total. The third kappa shape index (κ3) is 4.94. The lowest BCUT2D eigenvalue weighted by atomic mass is 9.82. The molecule has 1 unspecified atom stereocenters. The van der Waals surface area contributed by atoms with E-state index in [1.807, 2.05) is 18.2 Å². The predicted octanol–water partition coefficient (Wildman–Crippen LogP) is 7.02. The van der Waals surface area contributed by atoms with E-state index >= 15 is 0 Å². The highest BCUT2D eigenvalue weighted by atomic mass is 19.1. The number of piperidine rings is 1. The van der Waals surface area contributed by atoms with Gasteiger partial charge < -0.3 is 4.74 Å². The fourth-order valence-corrected chi connectivity index (χ4v) is 4.99. The summed E-state index contributed by atoms with van der Waals surface area (Å²) in [5.41, 5.74) is 3.37. The third-order valence-electron chi connectivity index (χ3n) is 6.67. The van der Waals surface area contributed by atoms with Gasteiger partial charge in [0, 0.05) is 18.0 Å². The van der Waals surface area contributed by atoms with E-state index in [0.29, 0.717) is 6.61 Å². The number of halogens is 1. The Labute approximate surface area is 195 Å². The molecule has 0 N–H and O–H groups in total. The molecule has 0 aliphatic carbocycles. The lowest BCUT2D eigenvalue weighted by Gasteiger charge is -2.27. The highest BCUT2D eigenvalue weighted by Crippen LogP contribution is 2.41. The Morgan fingerprint density at radius 3 is 2.21 bits per heavy atom. The first-order valence-corrected chi connectivity index (χ1v) is 12.0. The minimum atomic E-state index is -0.221. The van der Waals surface area contributed by atoms with Crippen LogP contribution in [0, 0.1) is 5.82 Å². The molecule has 0 amide bonds. The van der Waals surface area contributed by atoms with Crippen LogP contribution >= 0.6 is 0 Å². The first kappa shape index (κ1) is 21.7. The van der Waals surface area contributed by atoms with Gasteiger partial charge in [-0.15, -0.1) is 0 Å². The molecule has 1 aliphatic rings. The second kappa shape index (κ2) is 10.2. The van der Waals surface area contributed by atoms with E-state index in [-0.39, 0.29) is 11.7 Å². The molecule has 4 aromatic rings. The first-order chi connectivity index (χ1) is 16.3. The average Bonchev–Trinajstić information content (AvgIpc) is 2.87. The fourth-order valence-electron chi connectivity index (χ4n) is 4.99. The van der Waals surface area contributed by atoms with Gasteiger partial charge in [0.25, 0.3) is 0 Å². The van der Waals surface area contributed by atoms with Crippen molar-refractivity contribution in [2.45, 2.75) is 25.2 Å². The van der Waals surface area contributed by atoms with Gasteiger partial charge in [0.15, 0.2) is 0 Å². The van der Waals surface area contributed by atoms with Crippen LogP contribution in [-0.4, -0.2) is 31.1 Å². The van der Waals surface area contributed by atoms with E-state index in [9.17, 15) is 4.39 Å². The monoisotopic (exact) mass is 439 g/mol. The molecule has 168 valence electrons. The molecule has 0 aromatic heterocycles. The smallest absolute Gasteiger partial charge is 0.124 e. The van der Waals surface area contributed by atoms with Crippen LogP contribution in [-0.2, 0) is 0 Å². The standard InChI is InChI=1S/C30H30FNO/c31-26-16-13-25(14-17-26)29(24-10-3-1-4-11-24)30-27-12-6-5-9-23(27)15-18-28(30)33-22-21-32-19-7-2-8-20-32/h1,3-6,9-18,29H,2,7-8,19-22H2. The van der Waals surface area contributed by atoms with Gasteiger partial charge in [0.2, 0.25) is 0 Å². The van der Waals surface area contributed by atoms with Crippen LogP contribution in [0.2, 0.25) is 0 Å². The van der Waals surface area contributed by atoms with E-state index in [2.05, 4.69) is 65.6 Å². The van der Waals surface area contributed by atoms with Gasteiger partial charge >= 0.3 is 0 Å². The molecule has 1 fully saturated rings. The minimum absolute atomic E-state index is 0.0529. The van der Waals surface area contributed by atoms with Crippen molar-refractivity contribution >= 4 is 10.8 Å². The zero-order valence-electron chi connectivity index (χ0n) is 18.9. The molecule has 1 heterocycles. The van der Waals surface area contributed by atoms with Gasteiger partial charge in [0.05, 0.1) is 0 Å². The molecule has 4 aromatic carbocycles. The number of benzene rings is 4. The van der Waals surface area contributed by atoms with Gasteiger partial charge in [0.1, 0.15) is 18.2 Å². The van der Waals surface area contributed by atoms with Crippen molar-refractivity contribution in [1.82, 2.24) is 4.90 Å². The number of fused-ring (bicyclic) bond motifs is 1. The normalized spacial score (nSPS) is 15.4. The summed E-state index contributed by atoms with van der Waals surface area (Å²) in [6, 6.07) is 30.0. The van der Waals surface area contributed by atoms with Gasteiger partial charge in [-0.1, -0.05) is 79.2 Å². The number of hydrogen-bond acceptors (Lipinski definition) is 2. The Balaban J connectivity index is 1.58. The number of rotatable bonds is 7. The summed E-state index contributed by atoms with van der Waals surface area (Å²) in [6.45, 7) is 3.93. The third-order valence-corrected chi connectivity index (χ3v) is 6.67. The van der Waals surface area contributed by atoms with Crippen LogP contribution in [0.25, 0.3) is 10.8 Å². The number of nitrogens with zero attached hydrogens (tertiary/aromatic N) is 1. The first-order valence-electron chi connectivity index (χ1n) is 12.0. The number of likely N-dealkylation sites (tertiary alicyclic amines) is 1. The maximum Gasteiger partial charge on any atom is 0.124 e. The maximum absolute atomic E-state index is 13.8. The SMILES string of the molecule is Fc1ccc(C(c2ccccc2)c2c(OCCN3CCCCC3)ccc3ccccc23)cc1. The van der Waals surface area contributed by atoms with E-state index in [4.69, 9.17) is 4.74 Å². The summed E-state index contributed by atoms with van der Waals surface area (Å²) >= 11 is 0. The molecular weight excluding hydrogens is 409 g/mol. The van der Waals surface area contributed by atoms with E-state index in [1.165, 1.54) is 35.6 Å². The van der Waals surface area contributed by atoms with Crippen molar-refractivity contribution in [3.05, 3.63) is 114 Å². The molecule has 1 atom stereocenters. The van der Waals surface area contributed by atoms with Crippen molar-refractivity contribution in [3.8, 4) is 5.75 Å². The van der Waals surface area contributed by atoms with Crippen molar-refractivity contribution in [1.29, 1.82) is 0 Å². The zero-order chi connectivity index (χ0) is 22.5. The number of ether oxygens (including phenoxy) is 1. The predicted molar refractivity (Wildman–Crippen MR) is 134 cm³/mol. The second-order valence-corrected chi connectivity index (χ2v) is 8.84. The molecule has 1 saturated heterocycles. The Bertz CT molecular complexity index is 1180. The molecule has 33 heavy (non-hydrogen) atoms. The largest absolute Gasteiger partial charge is 0.492 e. The van der Waals surface area contributed by atoms with Crippen molar-refractivity contribution in [3.63, 3.8) is 0 Å². The van der Waals surface area contributed by atoms with Gasteiger partial charge in [-0.25, -0.2) is 4.39 Å². The molecule has 0 saturated carbocycles. The summed E-state index contributed by atoms with van der Waals surface area (Å²) in [5, 5.41) is 2.35. The molecule has 0 bridgehead atoms. The van der Waals surface area contributed by atoms with Crippen molar-refractivity contribution in [2.75, 3.05) is 26.2 Å². The summed E-state index contributed by atoms with van der Waals surface area (Å²) < 4.78 is 20.3. The van der Waals surface area contributed by atoms with Gasteiger partial charge in [-0.2, -0.15) is 0 Å². The minimum Gasteiger partial charge on any atom is -0.492 e. The van der Waals surface area contributed by atoms with Crippen LogP contribution in [0.4, 0.5) is 4.39 Å². The van der Waals surface area contributed by atoms with Crippen LogP contribution in [0.1, 0.15) is 41.9 Å². The van der Waals surface area contributed by atoms with Gasteiger partial charge in [-0.3, -0.25) is 4.90 Å². The van der Waals surface area contributed by atoms with Crippen LogP contribution in [0.5, 0.6) is 5.75 Å². The summed E-state index contributed by atoms with van der Waals surface area (Å²) in [4.78, 5) is 2.50. The highest BCUT2D eigenvalue weighted by molar-refractivity contribution is 5.89. The van der Waals surface area contributed by atoms with Crippen LogP contribution < -0.4 is 4.74 Å². The number of hydrogen-bond donors (Lipinski definition) is 0. The summed E-state index contributed by atoms with van der Waals surface area (Å²) in [7, 11) is 0. The molecule has 5 rings (SSSR count). The summed E-state index contributed by atoms with van der Waals surface area (Å²) in [6.07, 6.45) is 3.90. The lowest BCUT2D eigenvalue weighted by molar-refractivity contribution is 0.183. The molecule has 3 heteroatoms. The average molecular weight is 440 g/mol. The molecule has 1 aliphatic heterocycles. The Morgan fingerprint density at radius 1 is 0.727 bits per heavy atom. The highest BCUT2D eigenvalue weighted by Gasteiger charge is 2.23. The maximum atomic E-state index is 13.8. The molecular formula is C30H30FNO. The van der Waals surface area contributed by atoms with E-state index in [1.54, 1.807) is 12.1 Å². The van der Waals surface area contributed by atoms with Gasteiger partial charge in [-0.05, 0) is 66.0 Å². The van der Waals surface area contributed by atoms with E-state index in [0.717, 1.165) is 36.5 Å². The zero-order valence-corrected chi connectivity index (χ0v) is 18.9. The topological polar surface area (TPSA) is 12.5 Å². The van der Waals surface area contributed by atoms with Crippen molar-refractivity contribution < 1.29 is 9.13 Å². The Hall–Kier alpha value is -3.17. The second-order valence-electron chi connectivity index (χ2n) is 8.84. The van der Waals surface area contributed by atoms with E-state index < -0.39 is 0 Å². The quantitative estimate of drug-likeness (QED) is 0.287. The molecule has 0 radical (unpaired) electrons. The van der Waals surface area contributed by atoms with Crippen LogP contribution in [0.3, 0.4) is 0 Å². The molecule has 0 spiro atoms.